The van der Waals surface area contributed by atoms with Crippen molar-refractivity contribution in [1.82, 2.24) is 29.7 Å². The maximum atomic E-state index is 14.2. The minimum Gasteiger partial charge on any atom is -0.491 e. The monoisotopic (exact) mass is 674 g/mol. The Morgan fingerprint density at radius 3 is 2.60 bits per heavy atom. The van der Waals surface area contributed by atoms with Gasteiger partial charge >= 0.3 is 6.18 Å². The van der Waals surface area contributed by atoms with Crippen LogP contribution >= 0.6 is 11.6 Å². The van der Waals surface area contributed by atoms with Gasteiger partial charge in [-0.1, -0.05) is 28.9 Å². The lowest BCUT2D eigenvalue weighted by molar-refractivity contribution is -0.143. The van der Waals surface area contributed by atoms with Crippen molar-refractivity contribution in [1.29, 1.82) is 0 Å². The van der Waals surface area contributed by atoms with Gasteiger partial charge in [0.1, 0.15) is 24.1 Å². The molecule has 0 aliphatic carbocycles. The highest BCUT2D eigenvalue weighted by Crippen LogP contribution is 2.36. The smallest absolute Gasteiger partial charge is 0.416 e. The highest BCUT2D eigenvalue weighted by atomic mass is 35.5. The van der Waals surface area contributed by atoms with Gasteiger partial charge in [0.2, 0.25) is 5.91 Å². The van der Waals surface area contributed by atoms with Crippen molar-refractivity contribution < 1.29 is 37.0 Å². The predicted molar refractivity (Wildman–Crippen MR) is 162 cm³/mol. The van der Waals surface area contributed by atoms with Crippen LogP contribution in [0.4, 0.5) is 13.2 Å². The molecule has 0 unspecified atom stereocenters. The molecule has 3 fully saturated rings. The first kappa shape index (κ1) is 31.9. The molecule has 4 aliphatic rings. The van der Waals surface area contributed by atoms with Gasteiger partial charge in [-0.15, -0.1) is 5.10 Å². The maximum absolute atomic E-state index is 14.2. The molecule has 11 nitrogen and oxygen atoms in total. The van der Waals surface area contributed by atoms with Crippen LogP contribution in [0.15, 0.2) is 48.7 Å². The summed E-state index contributed by atoms with van der Waals surface area (Å²) in [5, 5.41) is 8.80. The SMILES string of the molecule is O=C1[C@@H]2C[C@@H](OCc3cn(-c4ccccc4Cl)nn3)CN2C(=O)c2cc(C(F)(F)F)ccc2OC[C@@H]2CN(C3CCOCC3)CCN12. The van der Waals surface area contributed by atoms with E-state index in [4.69, 9.17) is 25.8 Å². The molecule has 7 rings (SSSR count). The Bertz CT molecular complexity index is 1630. The standard InChI is InChI=1S/C32H34ClF3N6O5/c33-26-3-1-2-4-27(26)42-15-21(37-38-42)18-46-24-14-28-31(44)40-10-9-39(22-7-11-45-12-8-22)16-23(40)19-47-29-6-5-20(32(34,35)36)13-25(29)30(43)41(28)17-24/h1-6,13,15,22-24,28H,7-12,14,16-19H2/t23-,24+,28-/m0/s1. The number of hydrogen-bond donors (Lipinski definition) is 0. The van der Waals surface area contributed by atoms with Crippen molar-refractivity contribution in [2.45, 2.75) is 56.3 Å². The molecule has 3 aromatic rings. The van der Waals surface area contributed by atoms with Crippen LogP contribution in [0, 0.1) is 0 Å². The van der Waals surface area contributed by atoms with E-state index in [1.54, 1.807) is 29.3 Å². The van der Waals surface area contributed by atoms with Gasteiger partial charge in [-0.25, -0.2) is 4.68 Å². The first-order chi connectivity index (χ1) is 22.7. The van der Waals surface area contributed by atoms with Crippen LogP contribution in [0.2, 0.25) is 5.02 Å². The Morgan fingerprint density at radius 2 is 1.81 bits per heavy atom. The van der Waals surface area contributed by atoms with Gasteiger partial charge in [-0.3, -0.25) is 14.5 Å². The third-order valence-corrected chi connectivity index (χ3v) is 9.71. The highest BCUT2D eigenvalue weighted by Gasteiger charge is 2.46. The average Bonchev–Trinajstić information content (AvgIpc) is 3.73. The predicted octanol–water partition coefficient (Wildman–Crippen LogP) is 3.82. The molecule has 3 saturated heterocycles. The van der Waals surface area contributed by atoms with Crippen molar-refractivity contribution in [3.8, 4) is 11.4 Å². The van der Waals surface area contributed by atoms with Gasteiger partial charge in [-0.05, 0) is 43.2 Å². The summed E-state index contributed by atoms with van der Waals surface area (Å²) in [6.07, 6.45) is -1.59. The van der Waals surface area contributed by atoms with Crippen molar-refractivity contribution in [2.75, 3.05) is 46.0 Å². The molecule has 3 atom stereocenters. The number of para-hydroxylation sites is 1. The van der Waals surface area contributed by atoms with Crippen LogP contribution in [0.3, 0.4) is 0 Å². The Morgan fingerprint density at radius 1 is 1.00 bits per heavy atom. The summed E-state index contributed by atoms with van der Waals surface area (Å²) in [6, 6.07) is 9.15. The zero-order chi connectivity index (χ0) is 32.7. The molecule has 250 valence electrons. The molecule has 5 heterocycles. The van der Waals surface area contributed by atoms with Gasteiger partial charge in [0.15, 0.2) is 0 Å². The normalized spacial score (nSPS) is 24.5. The van der Waals surface area contributed by atoms with E-state index < -0.39 is 29.8 Å². The second-order valence-electron chi connectivity index (χ2n) is 12.3. The number of fused-ring (bicyclic) bond motifs is 3. The Hall–Kier alpha value is -3.72. The number of carbonyl (C=O) groups is 2. The van der Waals surface area contributed by atoms with E-state index in [1.807, 2.05) is 6.07 Å². The summed E-state index contributed by atoms with van der Waals surface area (Å²) >= 11 is 6.29. The molecular formula is C32H34ClF3N6O5. The number of nitrogens with zero attached hydrogens (tertiary/aromatic N) is 6. The molecule has 4 aliphatic heterocycles. The number of benzene rings is 2. The van der Waals surface area contributed by atoms with Crippen molar-refractivity contribution in [2.24, 2.45) is 0 Å². The molecule has 0 saturated carbocycles. The van der Waals surface area contributed by atoms with E-state index in [-0.39, 0.29) is 49.4 Å². The summed E-state index contributed by atoms with van der Waals surface area (Å²) in [7, 11) is 0. The number of ether oxygens (including phenoxy) is 3. The number of amides is 2. The molecule has 0 spiro atoms. The molecule has 0 radical (unpaired) electrons. The molecule has 1 aromatic heterocycles. The van der Waals surface area contributed by atoms with E-state index in [9.17, 15) is 22.8 Å². The van der Waals surface area contributed by atoms with Crippen LogP contribution in [0.25, 0.3) is 5.69 Å². The van der Waals surface area contributed by atoms with Crippen molar-refractivity contribution >= 4 is 23.4 Å². The van der Waals surface area contributed by atoms with Gasteiger partial charge in [0, 0.05) is 51.9 Å². The number of rotatable bonds is 5. The molecule has 47 heavy (non-hydrogen) atoms. The molecule has 15 heteroatoms. The highest BCUT2D eigenvalue weighted by molar-refractivity contribution is 6.32. The number of aromatic nitrogens is 3. The molecule has 0 bridgehead atoms. The van der Waals surface area contributed by atoms with Crippen LogP contribution in [-0.4, -0.2) is 112 Å². The van der Waals surface area contributed by atoms with Crippen molar-refractivity contribution in [3.63, 3.8) is 0 Å². The number of hydrogen-bond acceptors (Lipinski definition) is 8. The summed E-state index contributed by atoms with van der Waals surface area (Å²) in [5.74, 6) is -0.913. The minimum atomic E-state index is -4.66. The third-order valence-electron chi connectivity index (χ3n) is 9.39. The fourth-order valence-electron chi connectivity index (χ4n) is 6.93. The van der Waals surface area contributed by atoms with Crippen LogP contribution in [-0.2, 0) is 27.1 Å². The summed E-state index contributed by atoms with van der Waals surface area (Å²) in [6.45, 7) is 3.12. The lowest BCUT2D eigenvalue weighted by Gasteiger charge is -2.46. The topological polar surface area (TPSA) is 102 Å². The largest absolute Gasteiger partial charge is 0.491 e. The van der Waals surface area contributed by atoms with E-state index in [2.05, 4.69) is 15.2 Å². The lowest BCUT2D eigenvalue weighted by Crippen LogP contribution is -2.62. The average molecular weight is 675 g/mol. The molecule has 0 N–H and O–H groups in total. The van der Waals surface area contributed by atoms with Crippen molar-refractivity contribution in [3.05, 3.63) is 70.5 Å². The Kier molecular flexibility index (Phi) is 8.85. The van der Waals surface area contributed by atoms with Crippen LogP contribution in [0.1, 0.15) is 40.9 Å². The van der Waals surface area contributed by atoms with E-state index in [0.29, 0.717) is 55.3 Å². The summed E-state index contributed by atoms with van der Waals surface area (Å²) in [5.41, 5.74) is -0.0427. The zero-order valence-corrected chi connectivity index (χ0v) is 26.2. The first-order valence-electron chi connectivity index (χ1n) is 15.7. The Labute approximate surface area is 274 Å². The second kappa shape index (κ2) is 13.1. The van der Waals surface area contributed by atoms with Crippen LogP contribution < -0.4 is 4.74 Å². The zero-order valence-electron chi connectivity index (χ0n) is 25.4. The van der Waals surface area contributed by atoms with Gasteiger partial charge in [0.05, 0.1) is 46.8 Å². The number of halogens is 4. The second-order valence-corrected chi connectivity index (χ2v) is 12.7. The molecule has 2 amide bonds. The third kappa shape index (κ3) is 6.56. The Balaban J connectivity index is 1.14. The lowest BCUT2D eigenvalue weighted by atomic mass is 10.0. The van der Waals surface area contributed by atoms with Gasteiger partial charge in [0.25, 0.3) is 5.91 Å². The fraction of sp³-hybridized carbons (Fsp3) is 0.500. The van der Waals surface area contributed by atoms with E-state index in [1.165, 1.54) is 15.6 Å². The van der Waals surface area contributed by atoms with E-state index in [0.717, 1.165) is 25.0 Å². The van der Waals surface area contributed by atoms with Gasteiger partial charge in [-0.2, -0.15) is 13.2 Å². The quantitative estimate of drug-likeness (QED) is 0.403. The summed E-state index contributed by atoms with van der Waals surface area (Å²) < 4.78 is 60.6. The minimum absolute atomic E-state index is 0.0102. The number of carbonyl (C=O) groups excluding carboxylic acids is 2. The first-order valence-corrected chi connectivity index (χ1v) is 16.1. The van der Waals surface area contributed by atoms with E-state index >= 15 is 0 Å². The fourth-order valence-corrected chi connectivity index (χ4v) is 7.15. The maximum Gasteiger partial charge on any atom is 0.416 e. The molecular weight excluding hydrogens is 641 g/mol. The molecule has 2 aromatic carbocycles. The number of alkyl halides is 3. The van der Waals surface area contributed by atoms with Gasteiger partial charge < -0.3 is 24.0 Å². The van der Waals surface area contributed by atoms with Crippen LogP contribution in [0.5, 0.6) is 5.75 Å². The summed E-state index contributed by atoms with van der Waals surface area (Å²) in [4.78, 5) is 33.7. The number of piperazine rings is 1.